The van der Waals surface area contributed by atoms with Crippen molar-refractivity contribution in [2.45, 2.75) is 20.0 Å². The lowest BCUT2D eigenvalue weighted by Crippen LogP contribution is -2.25. The summed E-state index contributed by atoms with van der Waals surface area (Å²) < 4.78 is 2.01. The molecular weight excluding hydrogens is 338 g/mol. The van der Waals surface area contributed by atoms with E-state index in [2.05, 4.69) is 15.3 Å². The van der Waals surface area contributed by atoms with Gasteiger partial charge in [-0.25, -0.2) is 9.97 Å². The third-order valence-electron chi connectivity index (χ3n) is 4.49. The van der Waals surface area contributed by atoms with E-state index in [0.717, 1.165) is 34.5 Å². The summed E-state index contributed by atoms with van der Waals surface area (Å²) in [5.74, 6) is 0.688. The van der Waals surface area contributed by atoms with E-state index in [1.807, 2.05) is 60.2 Å². The average Bonchev–Trinajstić information content (AvgIpc) is 3.19. The van der Waals surface area contributed by atoms with Crippen LogP contribution in [0.3, 0.4) is 0 Å². The molecule has 0 aliphatic carbocycles. The third-order valence-corrected chi connectivity index (χ3v) is 4.49. The van der Waals surface area contributed by atoms with Crippen LogP contribution in [0, 0.1) is 0 Å². The molecule has 0 saturated heterocycles. The van der Waals surface area contributed by atoms with Gasteiger partial charge < -0.3 is 9.88 Å². The van der Waals surface area contributed by atoms with Crippen molar-refractivity contribution in [2.75, 3.05) is 0 Å². The second-order valence-electron chi connectivity index (χ2n) is 6.12. The topological polar surface area (TPSA) is 72.7 Å². The first-order chi connectivity index (χ1) is 13.3. The number of nitrogens with zero attached hydrogens (tertiary/aromatic N) is 4. The molecule has 0 aliphatic heterocycles. The molecule has 1 amide bonds. The standard InChI is InChI=1S/C21H19N5O/c1-2-26-12-11-23-20(26)14-24-21(27)17-13-19(15-7-9-22-10-8-15)25-18-6-4-3-5-16(17)18/h3-13H,2,14H2,1H3,(H,24,27). The minimum atomic E-state index is -0.144. The van der Waals surface area contributed by atoms with Crippen LogP contribution in [-0.4, -0.2) is 25.4 Å². The molecule has 3 aromatic heterocycles. The van der Waals surface area contributed by atoms with Crippen LogP contribution in [0.5, 0.6) is 0 Å². The van der Waals surface area contributed by atoms with Gasteiger partial charge in [0, 0.05) is 42.3 Å². The second kappa shape index (κ2) is 7.37. The number of imidazole rings is 1. The predicted molar refractivity (Wildman–Crippen MR) is 104 cm³/mol. The molecule has 0 bridgehead atoms. The minimum Gasteiger partial charge on any atom is -0.345 e. The van der Waals surface area contributed by atoms with E-state index in [9.17, 15) is 4.79 Å². The first kappa shape index (κ1) is 16.9. The lowest BCUT2D eigenvalue weighted by molar-refractivity contribution is 0.0951. The minimum absolute atomic E-state index is 0.144. The maximum absolute atomic E-state index is 12.9. The number of hydrogen-bond donors (Lipinski definition) is 1. The average molecular weight is 357 g/mol. The van der Waals surface area contributed by atoms with Crippen LogP contribution in [0.1, 0.15) is 23.1 Å². The molecule has 0 radical (unpaired) electrons. The van der Waals surface area contributed by atoms with Crippen molar-refractivity contribution >= 4 is 16.8 Å². The monoisotopic (exact) mass is 357 g/mol. The van der Waals surface area contributed by atoms with Crippen LogP contribution < -0.4 is 5.32 Å². The number of nitrogens with one attached hydrogen (secondary N) is 1. The summed E-state index contributed by atoms with van der Waals surface area (Å²) in [6.45, 7) is 3.24. The molecule has 6 heteroatoms. The Morgan fingerprint density at radius 2 is 1.93 bits per heavy atom. The first-order valence-electron chi connectivity index (χ1n) is 8.84. The predicted octanol–water partition coefficient (Wildman–Crippen LogP) is 3.44. The molecule has 0 atom stereocenters. The summed E-state index contributed by atoms with van der Waals surface area (Å²) in [4.78, 5) is 26.0. The van der Waals surface area contributed by atoms with Crippen LogP contribution >= 0.6 is 0 Å². The fourth-order valence-corrected chi connectivity index (χ4v) is 3.08. The Kier molecular flexibility index (Phi) is 4.61. The zero-order valence-corrected chi connectivity index (χ0v) is 15.0. The van der Waals surface area contributed by atoms with E-state index in [1.165, 1.54) is 0 Å². The maximum atomic E-state index is 12.9. The van der Waals surface area contributed by atoms with Crippen LogP contribution in [-0.2, 0) is 13.1 Å². The summed E-state index contributed by atoms with van der Waals surface area (Å²) in [6, 6.07) is 13.3. The van der Waals surface area contributed by atoms with E-state index < -0.39 is 0 Å². The van der Waals surface area contributed by atoms with Gasteiger partial charge in [0.15, 0.2) is 0 Å². The van der Waals surface area contributed by atoms with Crippen LogP contribution in [0.25, 0.3) is 22.2 Å². The molecule has 27 heavy (non-hydrogen) atoms. The van der Waals surface area contributed by atoms with Crippen molar-refractivity contribution in [3.63, 3.8) is 0 Å². The number of rotatable bonds is 5. The quantitative estimate of drug-likeness (QED) is 0.594. The molecule has 1 N–H and O–H groups in total. The number of aromatic nitrogens is 4. The first-order valence-corrected chi connectivity index (χ1v) is 8.84. The molecule has 4 aromatic rings. The van der Waals surface area contributed by atoms with Crippen molar-refractivity contribution in [3.05, 3.63) is 78.6 Å². The second-order valence-corrected chi connectivity index (χ2v) is 6.12. The van der Waals surface area contributed by atoms with Gasteiger partial charge >= 0.3 is 0 Å². The molecule has 134 valence electrons. The van der Waals surface area contributed by atoms with E-state index in [-0.39, 0.29) is 5.91 Å². The molecule has 0 spiro atoms. The number of fused-ring (bicyclic) bond motifs is 1. The van der Waals surface area contributed by atoms with Gasteiger partial charge in [0.05, 0.1) is 23.3 Å². The van der Waals surface area contributed by atoms with Gasteiger partial charge in [-0.05, 0) is 31.2 Å². The maximum Gasteiger partial charge on any atom is 0.252 e. The zero-order valence-electron chi connectivity index (χ0n) is 15.0. The number of aryl methyl sites for hydroxylation is 1. The van der Waals surface area contributed by atoms with Gasteiger partial charge in [0.2, 0.25) is 0 Å². The highest BCUT2D eigenvalue weighted by Gasteiger charge is 2.14. The molecule has 1 aromatic carbocycles. The number of para-hydroxylation sites is 1. The normalized spacial score (nSPS) is 10.9. The van der Waals surface area contributed by atoms with Crippen molar-refractivity contribution in [3.8, 4) is 11.3 Å². The number of hydrogen-bond acceptors (Lipinski definition) is 4. The fraction of sp³-hybridized carbons (Fsp3) is 0.143. The highest BCUT2D eigenvalue weighted by molar-refractivity contribution is 6.07. The lowest BCUT2D eigenvalue weighted by Gasteiger charge is -2.11. The zero-order chi connectivity index (χ0) is 18.6. The summed E-state index contributed by atoms with van der Waals surface area (Å²) in [5.41, 5.74) is 3.05. The van der Waals surface area contributed by atoms with E-state index >= 15 is 0 Å². The third kappa shape index (κ3) is 3.42. The molecular formula is C21H19N5O. The van der Waals surface area contributed by atoms with Crippen molar-refractivity contribution in [1.29, 1.82) is 0 Å². The summed E-state index contributed by atoms with van der Waals surface area (Å²) in [7, 11) is 0. The lowest BCUT2D eigenvalue weighted by atomic mass is 10.0. The summed E-state index contributed by atoms with van der Waals surface area (Å²) >= 11 is 0. The number of carbonyl (C=O) groups is 1. The molecule has 0 unspecified atom stereocenters. The molecule has 0 saturated carbocycles. The van der Waals surface area contributed by atoms with Gasteiger partial charge in [-0.15, -0.1) is 0 Å². The summed E-state index contributed by atoms with van der Waals surface area (Å²) in [6.07, 6.45) is 7.09. The summed E-state index contributed by atoms with van der Waals surface area (Å²) in [5, 5.41) is 3.81. The highest BCUT2D eigenvalue weighted by atomic mass is 16.1. The number of benzene rings is 1. The Morgan fingerprint density at radius 1 is 1.11 bits per heavy atom. The fourth-order valence-electron chi connectivity index (χ4n) is 3.08. The van der Waals surface area contributed by atoms with Gasteiger partial charge in [-0.2, -0.15) is 0 Å². The highest BCUT2D eigenvalue weighted by Crippen LogP contribution is 2.24. The molecule has 4 rings (SSSR count). The number of carbonyl (C=O) groups excluding carboxylic acids is 1. The number of pyridine rings is 2. The van der Waals surface area contributed by atoms with E-state index in [4.69, 9.17) is 4.98 Å². The Hall–Kier alpha value is -3.54. The smallest absolute Gasteiger partial charge is 0.252 e. The van der Waals surface area contributed by atoms with Crippen LogP contribution in [0.2, 0.25) is 0 Å². The molecule has 0 fully saturated rings. The SMILES string of the molecule is CCn1ccnc1CNC(=O)c1cc(-c2ccncc2)nc2ccccc12. The van der Waals surface area contributed by atoms with Crippen molar-refractivity contribution in [1.82, 2.24) is 24.8 Å². The number of amides is 1. The van der Waals surface area contributed by atoms with Crippen LogP contribution in [0.4, 0.5) is 0 Å². The largest absolute Gasteiger partial charge is 0.345 e. The van der Waals surface area contributed by atoms with Gasteiger partial charge in [-0.1, -0.05) is 18.2 Å². The Balaban J connectivity index is 1.70. The van der Waals surface area contributed by atoms with Crippen LogP contribution in [0.15, 0.2) is 67.3 Å². The van der Waals surface area contributed by atoms with E-state index in [1.54, 1.807) is 18.6 Å². The van der Waals surface area contributed by atoms with Crippen molar-refractivity contribution in [2.24, 2.45) is 0 Å². The Labute approximate surface area is 156 Å². The molecule has 0 aliphatic rings. The molecule has 6 nitrogen and oxygen atoms in total. The molecule has 3 heterocycles. The van der Waals surface area contributed by atoms with Gasteiger partial charge in [-0.3, -0.25) is 9.78 Å². The van der Waals surface area contributed by atoms with Gasteiger partial charge in [0.25, 0.3) is 5.91 Å². The van der Waals surface area contributed by atoms with Gasteiger partial charge in [0.1, 0.15) is 5.82 Å². The van der Waals surface area contributed by atoms with Crippen molar-refractivity contribution < 1.29 is 4.79 Å². The Bertz CT molecular complexity index is 1090. The Morgan fingerprint density at radius 3 is 2.74 bits per heavy atom. The van der Waals surface area contributed by atoms with E-state index in [0.29, 0.717) is 12.1 Å².